The minimum Gasteiger partial charge on any atom is -0.269 e. The predicted molar refractivity (Wildman–Crippen MR) is 108 cm³/mol. The van der Waals surface area contributed by atoms with E-state index in [0.717, 1.165) is 5.56 Å². The van der Waals surface area contributed by atoms with E-state index in [1.54, 1.807) is 18.3 Å². The molecule has 0 saturated heterocycles. The summed E-state index contributed by atoms with van der Waals surface area (Å²) in [7, 11) is 0. The summed E-state index contributed by atoms with van der Waals surface area (Å²) < 4.78 is 1.43. The molecule has 0 saturated carbocycles. The normalized spacial score (nSPS) is 11.4. The number of nitrogens with one attached hydrogen (secondary N) is 1. The van der Waals surface area contributed by atoms with E-state index in [2.05, 4.69) is 20.2 Å². The number of rotatable bonds is 5. The van der Waals surface area contributed by atoms with Crippen molar-refractivity contribution in [2.45, 2.75) is 10.9 Å². The van der Waals surface area contributed by atoms with Crippen LogP contribution in [0.2, 0.25) is 5.02 Å². The first kappa shape index (κ1) is 17.5. The van der Waals surface area contributed by atoms with Gasteiger partial charge < -0.3 is 0 Å². The maximum atomic E-state index is 12.2. The average Bonchev–Trinajstić information content (AvgIpc) is 3.14. The van der Waals surface area contributed by atoms with Gasteiger partial charge in [-0.2, -0.15) is 0 Å². The molecule has 1 N–H and O–H groups in total. The van der Waals surface area contributed by atoms with E-state index in [9.17, 15) is 4.79 Å². The second-order valence-corrected chi connectivity index (χ2v) is 7.08. The number of halogens is 1. The molecule has 134 valence electrons. The van der Waals surface area contributed by atoms with Gasteiger partial charge in [-0.3, -0.25) is 14.3 Å². The maximum absolute atomic E-state index is 12.2. The number of pyridine rings is 1. The monoisotopic (exact) mass is 395 g/mol. The van der Waals surface area contributed by atoms with Crippen molar-refractivity contribution in [2.75, 3.05) is 0 Å². The molecule has 0 bridgehead atoms. The van der Waals surface area contributed by atoms with Gasteiger partial charge in [-0.15, -0.1) is 5.10 Å². The highest BCUT2D eigenvalue weighted by molar-refractivity contribution is 7.98. The molecule has 0 amide bonds. The molecule has 3 aromatic heterocycles. The fourth-order valence-corrected chi connectivity index (χ4v) is 3.33. The highest BCUT2D eigenvalue weighted by Crippen LogP contribution is 2.18. The lowest BCUT2D eigenvalue weighted by Gasteiger charge is -2.03. The number of hydrogen-bond donors (Lipinski definition) is 1. The zero-order valence-electron chi connectivity index (χ0n) is 14.0. The van der Waals surface area contributed by atoms with Crippen molar-refractivity contribution in [3.05, 3.63) is 87.2 Å². The first-order valence-electron chi connectivity index (χ1n) is 8.13. The largest absolute Gasteiger partial charge is 0.269 e. The van der Waals surface area contributed by atoms with Crippen molar-refractivity contribution in [1.29, 1.82) is 0 Å². The van der Waals surface area contributed by atoms with E-state index < -0.39 is 0 Å². The third-order valence-corrected chi connectivity index (χ3v) is 4.85. The number of benzene rings is 1. The second kappa shape index (κ2) is 7.77. The predicted octanol–water partition coefficient (Wildman–Crippen LogP) is 3.93. The van der Waals surface area contributed by atoms with Crippen LogP contribution in [0.5, 0.6) is 0 Å². The molecule has 4 rings (SSSR count). The Morgan fingerprint density at radius 1 is 1.11 bits per heavy atom. The van der Waals surface area contributed by atoms with Crippen LogP contribution in [0.3, 0.4) is 0 Å². The summed E-state index contributed by atoms with van der Waals surface area (Å²) in [5, 5.41) is 8.17. The Balaban J connectivity index is 1.46. The van der Waals surface area contributed by atoms with Crippen LogP contribution in [-0.4, -0.2) is 24.6 Å². The summed E-state index contributed by atoms with van der Waals surface area (Å²) in [5.41, 5.74) is 2.14. The molecule has 1 aromatic carbocycles. The summed E-state index contributed by atoms with van der Waals surface area (Å²) in [6.45, 7) is 0. The second-order valence-electron chi connectivity index (χ2n) is 5.70. The lowest BCUT2D eigenvalue weighted by atomic mass is 10.2. The molecule has 0 aliphatic heterocycles. The van der Waals surface area contributed by atoms with Gasteiger partial charge in [-0.25, -0.2) is 9.97 Å². The number of thioether (sulfide) groups is 1. The molecule has 0 radical (unpaired) electrons. The molecule has 0 unspecified atom stereocenters. The average molecular weight is 396 g/mol. The number of fused-ring (bicyclic) bond motifs is 1. The number of nitrogens with zero attached hydrogens (tertiary/aromatic N) is 4. The van der Waals surface area contributed by atoms with Crippen LogP contribution in [0.1, 0.15) is 17.1 Å². The fourth-order valence-electron chi connectivity index (χ4n) is 2.48. The maximum Gasteiger partial charge on any atom is 0.258 e. The first-order valence-corrected chi connectivity index (χ1v) is 9.50. The van der Waals surface area contributed by atoms with Gasteiger partial charge in [0.2, 0.25) is 5.16 Å². The topological polar surface area (TPSA) is 75.9 Å². The number of hydrogen-bond acceptors (Lipinski definition) is 5. The van der Waals surface area contributed by atoms with Crippen LogP contribution in [-0.2, 0) is 5.75 Å². The molecule has 0 atom stereocenters. The zero-order valence-corrected chi connectivity index (χ0v) is 15.6. The van der Waals surface area contributed by atoms with Gasteiger partial charge in [0.1, 0.15) is 11.5 Å². The van der Waals surface area contributed by atoms with Gasteiger partial charge in [0.15, 0.2) is 0 Å². The Morgan fingerprint density at radius 2 is 1.96 bits per heavy atom. The third-order valence-electron chi connectivity index (χ3n) is 3.74. The molecule has 0 aliphatic carbocycles. The molecule has 3 heterocycles. The van der Waals surface area contributed by atoms with Gasteiger partial charge in [0.05, 0.1) is 10.7 Å². The summed E-state index contributed by atoms with van der Waals surface area (Å²) in [6, 6.07) is 14.9. The van der Waals surface area contributed by atoms with Crippen molar-refractivity contribution < 1.29 is 0 Å². The lowest BCUT2D eigenvalue weighted by molar-refractivity contribution is 0.967. The molecule has 0 aliphatic rings. The number of aromatic nitrogens is 5. The van der Waals surface area contributed by atoms with Gasteiger partial charge in [-0.1, -0.05) is 59.8 Å². The summed E-state index contributed by atoms with van der Waals surface area (Å²) in [6.07, 6.45) is 5.40. The molecule has 4 aromatic rings. The highest BCUT2D eigenvalue weighted by Gasteiger charge is 2.07. The molecule has 27 heavy (non-hydrogen) atoms. The Hall–Kier alpha value is -2.90. The van der Waals surface area contributed by atoms with Crippen LogP contribution in [0.4, 0.5) is 0 Å². The molecule has 0 fully saturated rings. The van der Waals surface area contributed by atoms with Gasteiger partial charge >= 0.3 is 0 Å². The van der Waals surface area contributed by atoms with Crippen LogP contribution in [0.25, 0.3) is 17.8 Å². The minimum atomic E-state index is -0.167. The van der Waals surface area contributed by atoms with Crippen molar-refractivity contribution in [3.8, 4) is 0 Å². The highest BCUT2D eigenvalue weighted by atomic mass is 35.5. The summed E-state index contributed by atoms with van der Waals surface area (Å²) in [5.74, 6) is 1.16. The Bertz CT molecular complexity index is 1170. The third kappa shape index (κ3) is 4.27. The number of aromatic amines is 1. The van der Waals surface area contributed by atoms with E-state index in [1.165, 1.54) is 22.2 Å². The van der Waals surface area contributed by atoms with Crippen molar-refractivity contribution in [2.24, 2.45) is 0 Å². The van der Waals surface area contributed by atoms with E-state index in [1.807, 2.05) is 42.5 Å². The van der Waals surface area contributed by atoms with E-state index >= 15 is 0 Å². The smallest absolute Gasteiger partial charge is 0.258 e. The van der Waals surface area contributed by atoms with Gasteiger partial charge in [-0.05, 0) is 23.8 Å². The van der Waals surface area contributed by atoms with Crippen molar-refractivity contribution in [1.82, 2.24) is 24.6 Å². The Kier molecular flexibility index (Phi) is 5.04. The quantitative estimate of drug-likeness (QED) is 0.518. The Morgan fingerprint density at radius 3 is 2.81 bits per heavy atom. The first-order chi connectivity index (χ1) is 13.2. The molecular weight excluding hydrogens is 382 g/mol. The molecular formula is C19H14ClN5OS. The number of H-pyrrole nitrogens is 1. The fraction of sp³-hybridized carbons (Fsp3) is 0.0526. The van der Waals surface area contributed by atoms with E-state index in [-0.39, 0.29) is 5.56 Å². The van der Waals surface area contributed by atoms with Crippen LogP contribution < -0.4 is 5.56 Å². The lowest BCUT2D eigenvalue weighted by Crippen LogP contribution is -2.15. The van der Waals surface area contributed by atoms with Crippen molar-refractivity contribution in [3.63, 3.8) is 0 Å². The molecule has 0 spiro atoms. The zero-order chi connectivity index (χ0) is 18.6. The standard InChI is InChI=1S/C19H14ClN5OS/c20-14-7-9-17-21-15(10-18(26)25(17)11-14)12-27-19-22-16(23-24-19)8-6-13-4-2-1-3-5-13/h1-11H,12H2,(H,22,23,24)/b8-6+. The molecule has 8 heteroatoms. The van der Waals surface area contributed by atoms with E-state index in [4.69, 9.17) is 11.6 Å². The SMILES string of the molecule is O=c1cc(CSc2n[nH]c(/C=C/c3ccccc3)n2)nc2ccc(Cl)cn12. The van der Waals surface area contributed by atoms with Crippen LogP contribution in [0, 0.1) is 0 Å². The minimum absolute atomic E-state index is 0.167. The van der Waals surface area contributed by atoms with E-state index in [0.29, 0.717) is 33.1 Å². The van der Waals surface area contributed by atoms with Crippen molar-refractivity contribution >= 4 is 41.2 Å². The van der Waals surface area contributed by atoms with Crippen LogP contribution in [0.15, 0.2) is 64.7 Å². The summed E-state index contributed by atoms with van der Waals surface area (Å²) >= 11 is 7.33. The van der Waals surface area contributed by atoms with Gasteiger partial charge in [0, 0.05) is 18.0 Å². The van der Waals surface area contributed by atoms with Gasteiger partial charge in [0.25, 0.3) is 5.56 Å². The van der Waals surface area contributed by atoms with Crippen LogP contribution >= 0.6 is 23.4 Å². The summed E-state index contributed by atoms with van der Waals surface area (Å²) in [4.78, 5) is 21.1. The molecule has 6 nitrogen and oxygen atoms in total. The Labute approximate surface area is 164 Å².